The van der Waals surface area contributed by atoms with Gasteiger partial charge in [-0.2, -0.15) is 10.2 Å². The largest absolute Gasteiger partial charge is 0.464 e. The first-order chi connectivity index (χ1) is 16.1. The number of hydrogen-bond donors (Lipinski definition) is 0. The first-order valence-electron chi connectivity index (χ1n) is 10.2. The quantitative estimate of drug-likeness (QED) is 0.466. The van der Waals surface area contributed by atoms with Crippen LogP contribution in [0.1, 0.15) is 5.56 Å². The molecule has 0 radical (unpaired) electrons. The van der Waals surface area contributed by atoms with Gasteiger partial charge in [0.05, 0.1) is 24.2 Å². The number of esters is 1. The van der Waals surface area contributed by atoms with Gasteiger partial charge in [-0.3, -0.25) is 0 Å². The number of ether oxygens (including phenoxy) is 1. The van der Waals surface area contributed by atoms with Crippen molar-refractivity contribution in [3.63, 3.8) is 0 Å². The maximum absolute atomic E-state index is 12.5. The number of hydrazone groups is 2. The molecule has 3 aromatic carbocycles. The lowest BCUT2D eigenvalue weighted by Gasteiger charge is -2.43. The number of carbonyl (C=O) groups excluding carboxylic acids is 1. The van der Waals surface area contributed by atoms with E-state index in [1.54, 1.807) is 5.01 Å². The second-order valence-corrected chi connectivity index (χ2v) is 8.91. The predicted molar refractivity (Wildman–Crippen MR) is 135 cm³/mol. The first kappa shape index (κ1) is 21.3. The minimum atomic E-state index is -0.942. The van der Waals surface area contributed by atoms with Gasteiger partial charge in [-0.05, 0) is 60.3 Å². The van der Waals surface area contributed by atoms with Crippen molar-refractivity contribution in [1.29, 1.82) is 0 Å². The standard InChI is InChI=1S/C25H19ClN4O2S/c1-32-24(31)23-28-30(21-10-6-3-7-11-21)25(33-23)17-16-22(18-12-14-19(26)15-13-18)27-29(25)20-8-4-2-5-9-20/h2-17H,1H3. The monoisotopic (exact) mass is 474 g/mol. The summed E-state index contributed by atoms with van der Waals surface area (Å²) in [5.41, 5.74) is 3.36. The SMILES string of the molecule is COC(=O)C1=NN(c2ccccc2)C2(C=CC(c3ccc(Cl)cc3)=NN2c2ccccc2)S1. The normalized spacial score (nSPS) is 19.5. The molecule has 164 valence electrons. The highest BCUT2D eigenvalue weighted by Crippen LogP contribution is 2.47. The summed E-state index contributed by atoms with van der Waals surface area (Å²) in [6.45, 7) is 0. The van der Waals surface area contributed by atoms with Gasteiger partial charge >= 0.3 is 5.97 Å². The van der Waals surface area contributed by atoms with Gasteiger partial charge < -0.3 is 4.74 Å². The van der Waals surface area contributed by atoms with Crippen LogP contribution < -0.4 is 10.0 Å². The third kappa shape index (κ3) is 3.90. The van der Waals surface area contributed by atoms with E-state index in [1.165, 1.54) is 18.9 Å². The highest BCUT2D eigenvalue weighted by Gasteiger charge is 2.51. The van der Waals surface area contributed by atoms with Crippen LogP contribution in [0.3, 0.4) is 0 Å². The van der Waals surface area contributed by atoms with Gasteiger partial charge in [0.25, 0.3) is 0 Å². The number of carbonyl (C=O) groups is 1. The molecule has 0 fully saturated rings. The smallest absolute Gasteiger partial charge is 0.365 e. The third-order valence-corrected chi connectivity index (χ3v) is 6.69. The first-order valence-corrected chi connectivity index (χ1v) is 11.4. The lowest BCUT2D eigenvalue weighted by Crippen LogP contribution is -2.53. The van der Waals surface area contributed by atoms with Crippen LogP contribution in [0.5, 0.6) is 0 Å². The molecule has 0 saturated carbocycles. The van der Waals surface area contributed by atoms with Crippen LogP contribution in [0.25, 0.3) is 0 Å². The number of methoxy groups -OCH3 is 1. The number of thioether (sulfide) groups is 1. The number of hydrogen-bond acceptors (Lipinski definition) is 7. The number of nitrogens with zero attached hydrogens (tertiary/aromatic N) is 4. The van der Waals surface area contributed by atoms with Gasteiger partial charge in [-0.25, -0.2) is 14.8 Å². The molecule has 0 amide bonds. The Morgan fingerprint density at radius 1 is 0.879 bits per heavy atom. The highest BCUT2D eigenvalue weighted by atomic mass is 35.5. The van der Waals surface area contributed by atoms with Crippen molar-refractivity contribution in [3.05, 3.63) is 108 Å². The summed E-state index contributed by atoms with van der Waals surface area (Å²) in [6.07, 6.45) is 3.95. The topological polar surface area (TPSA) is 57.5 Å². The summed E-state index contributed by atoms with van der Waals surface area (Å²) >= 11 is 7.37. The summed E-state index contributed by atoms with van der Waals surface area (Å²) in [5.74, 6) is -0.494. The zero-order valence-corrected chi connectivity index (χ0v) is 19.2. The highest BCUT2D eigenvalue weighted by molar-refractivity contribution is 8.17. The Bertz CT molecular complexity index is 1260. The molecule has 1 spiro atoms. The zero-order chi connectivity index (χ0) is 22.8. The molecule has 33 heavy (non-hydrogen) atoms. The van der Waals surface area contributed by atoms with Crippen molar-refractivity contribution >= 4 is 51.5 Å². The molecule has 0 saturated heterocycles. The molecule has 2 aliphatic rings. The van der Waals surface area contributed by atoms with E-state index in [0.29, 0.717) is 5.02 Å². The van der Waals surface area contributed by atoms with Crippen molar-refractivity contribution in [2.75, 3.05) is 17.1 Å². The van der Waals surface area contributed by atoms with Crippen LogP contribution in [-0.4, -0.2) is 28.8 Å². The van der Waals surface area contributed by atoms with E-state index >= 15 is 0 Å². The zero-order valence-electron chi connectivity index (χ0n) is 17.6. The number of rotatable bonds is 4. The number of halogens is 1. The predicted octanol–water partition coefficient (Wildman–Crippen LogP) is 5.51. The van der Waals surface area contributed by atoms with E-state index in [-0.39, 0.29) is 5.04 Å². The Balaban J connectivity index is 1.66. The molecule has 2 aliphatic heterocycles. The second kappa shape index (κ2) is 8.77. The molecule has 0 aromatic heterocycles. The van der Waals surface area contributed by atoms with Gasteiger partial charge in [0, 0.05) is 10.6 Å². The Morgan fingerprint density at radius 2 is 1.45 bits per heavy atom. The fourth-order valence-electron chi connectivity index (χ4n) is 3.64. The lowest BCUT2D eigenvalue weighted by molar-refractivity contribution is -0.132. The average Bonchev–Trinajstić information content (AvgIpc) is 3.25. The average molecular weight is 475 g/mol. The Morgan fingerprint density at radius 3 is 2.03 bits per heavy atom. The summed E-state index contributed by atoms with van der Waals surface area (Å²) in [7, 11) is 1.35. The Kier molecular flexibility index (Phi) is 5.66. The molecule has 0 bridgehead atoms. The van der Waals surface area contributed by atoms with Crippen LogP contribution in [0.15, 0.2) is 107 Å². The van der Waals surface area contributed by atoms with E-state index in [2.05, 4.69) is 5.10 Å². The lowest BCUT2D eigenvalue weighted by atomic mass is 10.1. The summed E-state index contributed by atoms with van der Waals surface area (Å²) < 4.78 is 4.99. The summed E-state index contributed by atoms with van der Waals surface area (Å²) in [5, 5.41) is 14.3. The minimum absolute atomic E-state index is 0.247. The maximum atomic E-state index is 12.5. The van der Waals surface area contributed by atoms with Gasteiger partial charge in [0.1, 0.15) is 0 Å². The number of allylic oxidation sites excluding steroid dienone is 1. The van der Waals surface area contributed by atoms with Crippen LogP contribution in [0.4, 0.5) is 11.4 Å². The molecule has 6 nitrogen and oxygen atoms in total. The third-order valence-electron chi connectivity index (χ3n) is 5.21. The van der Waals surface area contributed by atoms with Crippen molar-refractivity contribution in [2.24, 2.45) is 10.2 Å². The fourth-order valence-corrected chi connectivity index (χ4v) is 4.95. The van der Waals surface area contributed by atoms with Crippen LogP contribution in [-0.2, 0) is 9.53 Å². The van der Waals surface area contributed by atoms with E-state index in [1.807, 2.05) is 102 Å². The van der Waals surface area contributed by atoms with E-state index in [4.69, 9.17) is 21.4 Å². The van der Waals surface area contributed by atoms with Crippen LogP contribution in [0, 0.1) is 0 Å². The van der Waals surface area contributed by atoms with Crippen molar-refractivity contribution < 1.29 is 9.53 Å². The molecular weight excluding hydrogens is 456 g/mol. The van der Waals surface area contributed by atoms with Crippen LogP contribution >= 0.6 is 23.4 Å². The van der Waals surface area contributed by atoms with Gasteiger partial charge in [-0.15, -0.1) is 0 Å². The second-order valence-electron chi connectivity index (χ2n) is 7.28. The molecule has 1 unspecified atom stereocenters. The van der Waals surface area contributed by atoms with Gasteiger partial charge in [-0.1, -0.05) is 60.1 Å². The Labute approximate surface area is 200 Å². The maximum Gasteiger partial charge on any atom is 0.365 e. The number of para-hydroxylation sites is 2. The molecule has 2 heterocycles. The fraction of sp³-hybridized carbons (Fsp3) is 0.0800. The molecule has 5 rings (SSSR count). The van der Waals surface area contributed by atoms with E-state index in [9.17, 15) is 4.79 Å². The van der Waals surface area contributed by atoms with Crippen molar-refractivity contribution in [2.45, 2.75) is 4.99 Å². The molecule has 0 aliphatic carbocycles. The summed E-state index contributed by atoms with van der Waals surface area (Å²) in [6, 6.07) is 27.0. The molecule has 8 heteroatoms. The van der Waals surface area contributed by atoms with E-state index < -0.39 is 11.0 Å². The number of anilines is 2. The minimum Gasteiger partial charge on any atom is -0.464 e. The van der Waals surface area contributed by atoms with Crippen molar-refractivity contribution in [3.8, 4) is 0 Å². The summed E-state index contributed by atoms with van der Waals surface area (Å²) in [4.78, 5) is 11.5. The van der Waals surface area contributed by atoms with Gasteiger partial charge in [0.2, 0.25) is 10.0 Å². The molecular formula is C25H19ClN4O2S. The van der Waals surface area contributed by atoms with Crippen molar-refractivity contribution in [1.82, 2.24) is 0 Å². The molecule has 3 aromatic rings. The number of benzene rings is 3. The van der Waals surface area contributed by atoms with Crippen LogP contribution in [0.2, 0.25) is 5.02 Å². The van der Waals surface area contributed by atoms with Gasteiger partial charge in [0.15, 0.2) is 0 Å². The van der Waals surface area contributed by atoms with E-state index in [0.717, 1.165) is 22.6 Å². The molecule has 0 N–H and O–H groups in total. The Hall–Kier alpha value is -3.55. The molecule has 1 atom stereocenters.